The maximum atomic E-state index is 12.3. The van der Waals surface area contributed by atoms with E-state index in [1.807, 2.05) is 24.9 Å². The molecule has 126 valence electrons. The summed E-state index contributed by atoms with van der Waals surface area (Å²) in [6.45, 7) is 3.74. The molecule has 1 saturated heterocycles. The topological polar surface area (TPSA) is 68.3 Å². The highest BCUT2D eigenvalue weighted by Crippen LogP contribution is 2.32. The lowest BCUT2D eigenvalue weighted by molar-refractivity contribution is 0.245. The van der Waals surface area contributed by atoms with E-state index >= 15 is 0 Å². The number of likely N-dealkylation sites (tertiary alicyclic amines) is 1. The Balaban J connectivity index is 1.62. The lowest BCUT2D eigenvalue weighted by atomic mass is 10.1. The van der Waals surface area contributed by atoms with Crippen LogP contribution in [0.3, 0.4) is 0 Å². The van der Waals surface area contributed by atoms with Crippen LogP contribution in [0.5, 0.6) is 0 Å². The average molecular weight is 344 g/mol. The van der Waals surface area contributed by atoms with Crippen molar-refractivity contribution in [2.24, 2.45) is 7.05 Å². The molecule has 0 N–H and O–H groups in total. The summed E-state index contributed by atoms with van der Waals surface area (Å²) in [6, 6.07) is 1.97. The van der Waals surface area contributed by atoms with Crippen LogP contribution in [0.15, 0.2) is 23.3 Å². The van der Waals surface area contributed by atoms with Crippen molar-refractivity contribution < 1.29 is 0 Å². The molecule has 0 aliphatic carbocycles. The maximum Gasteiger partial charge on any atom is 0.275 e. The molecule has 1 fully saturated rings. The second-order valence-corrected chi connectivity index (χ2v) is 7.25. The molecular weight excluding hydrogens is 324 g/mol. The lowest BCUT2D eigenvalue weighted by Gasteiger charge is -2.22. The van der Waals surface area contributed by atoms with Gasteiger partial charge >= 0.3 is 0 Å². The number of hydrogen-bond acceptors (Lipinski definition) is 6. The number of aryl methyl sites for hydroxylation is 2. The lowest BCUT2D eigenvalue weighted by Crippen LogP contribution is -2.25. The number of aromatic nitrogens is 5. The van der Waals surface area contributed by atoms with Crippen LogP contribution in [0, 0.1) is 0 Å². The first-order chi connectivity index (χ1) is 11.6. The van der Waals surface area contributed by atoms with E-state index in [0.717, 1.165) is 36.5 Å². The van der Waals surface area contributed by atoms with E-state index in [0.29, 0.717) is 17.5 Å². The standard InChI is InChI=1S/C16H20N6OS/c1-3-14-19-22-15(23)7-12(18-16(22)24-14)10-21-6-4-5-13(21)11-8-17-20(2)9-11/h7-9,13H,3-6,10H2,1-2H3. The first kappa shape index (κ1) is 15.5. The van der Waals surface area contributed by atoms with E-state index in [4.69, 9.17) is 0 Å². The normalized spacial score (nSPS) is 18.7. The second kappa shape index (κ2) is 6.10. The molecule has 24 heavy (non-hydrogen) atoms. The van der Waals surface area contributed by atoms with Crippen molar-refractivity contribution in [1.29, 1.82) is 0 Å². The van der Waals surface area contributed by atoms with Gasteiger partial charge in [-0.05, 0) is 25.8 Å². The average Bonchev–Trinajstić information content (AvgIpc) is 3.26. The van der Waals surface area contributed by atoms with Gasteiger partial charge in [0, 0.05) is 37.5 Å². The Bertz CT molecular complexity index is 926. The number of nitrogens with zero attached hydrogens (tertiary/aromatic N) is 6. The highest BCUT2D eigenvalue weighted by atomic mass is 32.1. The van der Waals surface area contributed by atoms with Crippen molar-refractivity contribution in [3.63, 3.8) is 0 Å². The monoisotopic (exact) mass is 344 g/mol. The molecule has 1 atom stereocenters. The molecule has 0 saturated carbocycles. The molecule has 1 unspecified atom stereocenters. The number of rotatable bonds is 4. The van der Waals surface area contributed by atoms with Crippen LogP contribution in [-0.4, -0.2) is 35.8 Å². The number of hydrogen-bond donors (Lipinski definition) is 0. The molecular formula is C16H20N6OS. The molecule has 4 rings (SSSR count). The van der Waals surface area contributed by atoms with Gasteiger partial charge in [0.25, 0.3) is 5.56 Å². The quantitative estimate of drug-likeness (QED) is 0.722. The first-order valence-corrected chi connectivity index (χ1v) is 9.07. The highest BCUT2D eigenvalue weighted by Gasteiger charge is 2.27. The van der Waals surface area contributed by atoms with E-state index in [9.17, 15) is 4.79 Å². The molecule has 0 spiro atoms. The van der Waals surface area contributed by atoms with Crippen LogP contribution in [0.25, 0.3) is 4.96 Å². The Labute approximate surface area is 143 Å². The summed E-state index contributed by atoms with van der Waals surface area (Å²) in [5.41, 5.74) is 1.96. The molecule has 3 aromatic rings. The minimum Gasteiger partial charge on any atom is -0.290 e. The van der Waals surface area contributed by atoms with Gasteiger partial charge in [0.05, 0.1) is 11.9 Å². The van der Waals surface area contributed by atoms with Gasteiger partial charge in [-0.15, -0.1) is 0 Å². The minimum atomic E-state index is -0.0944. The summed E-state index contributed by atoms with van der Waals surface area (Å²) >= 11 is 1.49. The van der Waals surface area contributed by atoms with Crippen LogP contribution in [-0.2, 0) is 20.0 Å². The Morgan fingerprint density at radius 2 is 2.29 bits per heavy atom. The fourth-order valence-corrected chi connectivity index (χ4v) is 4.19. The molecule has 0 aromatic carbocycles. The van der Waals surface area contributed by atoms with E-state index in [1.165, 1.54) is 21.4 Å². The summed E-state index contributed by atoms with van der Waals surface area (Å²) < 4.78 is 3.25. The Morgan fingerprint density at radius 1 is 1.42 bits per heavy atom. The Kier molecular flexibility index (Phi) is 3.93. The molecule has 1 aliphatic rings. The zero-order valence-electron chi connectivity index (χ0n) is 13.8. The summed E-state index contributed by atoms with van der Waals surface area (Å²) in [7, 11) is 1.94. The fourth-order valence-electron chi connectivity index (χ4n) is 3.33. The molecule has 3 aromatic heterocycles. The second-order valence-electron chi connectivity index (χ2n) is 6.21. The third-order valence-electron chi connectivity index (χ3n) is 4.48. The summed E-state index contributed by atoms with van der Waals surface area (Å²) in [4.78, 5) is 20.0. The Hall–Kier alpha value is -2.06. The summed E-state index contributed by atoms with van der Waals surface area (Å²) in [5.74, 6) is 0. The van der Waals surface area contributed by atoms with Crippen molar-refractivity contribution in [3.05, 3.63) is 45.1 Å². The maximum absolute atomic E-state index is 12.3. The summed E-state index contributed by atoms with van der Waals surface area (Å²) in [5, 5.41) is 9.53. The van der Waals surface area contributed by atoms with E-state index in [2.05, 4.69) is 26.3 Å². The van der Waals surface area contributed by atoms with Gasteiger partial charge in [-0.1, -0.05) is 18.3 Å². The minimum absolute atomic E-state index is 0.0944. The third kappa shape index (κ3) is 2.76. The zero-order valence-corrected chi connectivity index (χ0v) is 14.7. The van der Waals surface area contributed by atoms with Crippen molar-refractivity contribution in [2.45, 2.75) is 38.8 Å². The predicted molar refractivity (Wildman–Crippen MR) is 92.1 cm³/mol. The smallest absolute Gasteiger partial charge is 0.275 e. The van der Waals surface area contributed by atoms with E-state index < -0.39 is 0 Å². The van der Waals surface area contributed by atoms with Gasteiger partial charge in [-0.2, -0.15) is 14.7 Å². The van der Waals surface area contributed by atoms with Crippen molar-refractivity contribution >= 4 is 16.3 Å². The van der Waals surface area contributed by atoms with Gasteiger partial charge in [0.1, 0.15) is 5.01 Å². The van der Waals surface area contributed by atoms with Gasteiger partial charge in [0.15, 0.2) is 0 Å². The molecule has 0 amide bonds. The van der Waals surface area contributed by atoms with Crippen LogP contribution >= 0.6 is 11.3 Å². The van der Waals surface area contributed by atoms with E-state index in [-0.39, 0.29) is 5.56 Å². The Morgan fingerprint density at radius 3 is 3.04 bits per heavy atom. The van der Waals surface area contributed by atoms with Gasteiger partial charge in [-0.3, -0.25) is 14.4 Å². The number of fused-ring (bicyclic) bond motifs is 1. The van der Waals surface area contributed by atoms with Crippen molar-refractivity contribution in [2.75, 3.05) is 6.54 Å². The molecule has 0 bridgehead atoms. The van der Waals surface area contributed by atoms with Crippen molar-refractivity contribution in [3.8, 4) is 0 Å². The first-order valence-electron chi connectivity index (χ1n) is 8.25. The van der Waals surface area contributed by atoms with Crippen LogP contribution in [0.2, 0.25) is 0 Å². The molecule has 1 aliphatic heterocycles. The van der Waals surface area contributed by atoms with E-state index in [1.54, 1.807) is 6.07 Å². The van der Waals surface area contributed by atoms with Crippen LogP contribution < -0.4 is 5.56 Å². The molecule has 8 heteroatoms. The largest absolute Gasteiger partial charge is 0.290 e. The van der Waals surface area contributed by atoms with Crippen LogP contribution in [0.4, 0.5) is 0 Å². The third-order valence-corrected chi connectivity index (χ3v) is 5.53. The molecule has 4 heterocycles. The van der Waals surface area contributed by atoms with Gasteiger partial charge in [-0.25, -0.2) is 4.98 Å². The summed E-state index contributed by atoms with van der Waals surface area (Å²) in [6.07, 6.45) is 7.10. The van der Waals surface area contributed by atoms with Gasteiger partial charge in [0.2, 0.25) is 4.96 Å². The van der Waals surface area contributed by atoms with Crippen molar-refractivity contribution in [1.82, 2.24) is 29.3 Å². The SMILES string of the molecule is CCc1nn2c(=O)cc(CN3CCCC3c3cnn(C)c3)nc2s1. The van der Waals surface area contributed by atoms with Crippen LogP contribution in [0.1, 0.15) is 42.1 Å². The zero-order chi connectivity index (χ0) is 16.7. The highest BCUT2D eigenvalue weighted by molar-refractivity contribution is 7.16. The molecule has 0 radical (unpaired) electrons. The van der Waals surface area contributed by atoms with Gasteiger partial charge < -0.3 is 0 Å². The molecule has 7 nitrogen and oxygen atoms in total. The predicted octanol–water partition coefficient (Wildman–Crippen LogP) is 1.78. The fraction of sp³-hybridized carbons (Fsp3) is 0.500.